The maximum atomic E-state index is 9.11. The molecule has 92 valence electrons. The van der Waals surface area contributed by atoms with Crippen LogP contribution in [0.15, 0.2) is 12.5 Å². The van der Waals surface area contributed by atoms with Crippen LogP contribution in [0.5, 0.6) is 0 Å². The number of aromatic nitrogens is 2. The average Bonchev–Trinajstić information content (AvgIpc) is 2.66. The first-order chi connectivity index (χ1) is 7.72. The molecule has 0 unspecified atom stereocenters. The van der Waals surface area contributed by atoms with E-state index in [1.165, 1.54) is 5.69 Å². The molecule has 1 heterocycles. The Kier molecular flexibility index (Phi) is 5.49. The van der Waals surface area contributed by atoms with Crippen molar-refractivity contribution in [2.75, 3.05) is 13.2 Å². The van der Waals surface area contributed by atoms with Crippen LogP contribution in [0.25, 0.3) is 0 Å². The Balaban J connectivity index is 2.67. The summed E-state index contributed by atoms with van der Waals surface area (Å²) in [5.74, 6) is 0. The third kappa shape index (κ3) is 3.32. The van der Waals surface area contributed by atoms with E-state index in [-0.39, 0.29) is 6.61 Å². The lowest BCUT2D eigenvalue weighted by molar-refractivity contribution is 0.134. The van der Waals surface area contributed by atoms with Crippen LogP contribution in [-0.2, 0) is 13.6 Å². The Morgan fingerprint density at radius 3 is 2.56 bits per heavy atom. The van der Waals surface area contributed by atoms with Gasteiger partial charge in [0.25, 0.3) is 0 Å². The monoisotopic (exact) mass is 225 g/mol. The second kappa shape index (κ2) is 6.66. The normalized spacial score (nSPS) is 11.6. The van der Waals surface area contributed by atoms with Crippen molar-refractivity contribution in [2.45, 2.75) is 39.3 Å². The lowest BCUT2D eigenvalue weighted by Crippen LogP contribution is -2.36. The SMILES string of the molecule is CCC(CC)N(CCO)Cc1cncn1C. The molecule has 0 saturated carbocycles. The van der Waals surface area contributed by atoms with Gasteiger partial charge in [-0.1, -0.05) is 13.8 Å². The molecule has 0 bridgehead atoms. The molecular weight excluding hydrogens is 202 g/mol. The van der Waals surface area contributed by atoms with Crippen LogP contribution >= 0.6 is 0 Å². The third-order valence-corrected chi connectivity index (χ3v) is 3.13. The summed E-state index contributed by atoms with van der Waals surface area (Å²) in [7, 11) is 2.01. The fourth-order valence-corrected chi connectivity index (χ4v) is 2.07. The fraction of sp³-hybridized carbons (Fsp3) is 0.750. The minimum absolute atomic E-state index is 0.217. The number of nitrogens with zero attached hydrogens (tertiary/aromatic N) is 3. The lowest BCUT2D eigenvalue weighted by atomic mass is 10.1. The molecule has 0 spiro atoms. The van der Waals surface area contributed by atoms with Crippen molar-refractivity contribution in [1.29, 1.82) is 0 Å². The van der Waals surface area contributed by atoms with E-state index < -0.39 is 0 Å². The molecule has 16 heavy (non-hydrogen) atoms. The van der Waals surface area contributed by atoms with Crippen LogP contribution in [0, 0.1) is 0 Å². The van der Waals surface area contributed by atoms with Crippen molar-refractivity contribution >= 4 is 0 Å². The van der Waals surface area contributed by atoms with E-state index in [1.54, 1.807) is 0 Å². The van der Waals surface area contributed by atoms with Crippen LogP contribution in [0.4, 0.5) is 0 Å². The first kappa shape index (κ1) is 13.2. The largest absolute Gasteiger partial charge is 0.395 e. The molecule has 1 rings (SSSR count). The number of rotatable bonds is 7. The third-order valence-electron chi connectivity index (χ3n) is 3.13. The van der Waals surface area contributed by atoms with Crippen LogP contribution in [0.1, 0.15) is 32.4 Å². The molecular formula is C12H23N3O. The summed E-state index contributed by atoms with van der Waals surface area (Å²) in [6.07, 6.45) is 5.95. The van der Waals surface area contributed by atoms with Gasteiger partial charge in [0, 0.05) is 32.4 Å². The van der Waals surface area contributed by atoms with E-state index in [0.717, 1.165) is 25.9 Å². The molecule has 1 aromatic heterocycles. The number of hydrogen-bond acceptors (Lipinski definition) is 3. The number of aliphatic hydroxyl groups is 1. The van der Waals surface area contributed by atoms with Gasteiger partial charge in [-0.2, -0.15) is 0 Å². The summed E-state index contributed by atoms with van der Waals surface area (Å²) in [4.78, 5) is 6.45. The van der Waals surface area contributed by atoms with Gasteiger partial charge in [0.15, 0.2) is 0 Å². The maximum absolute atomic E-state index is 9.11. The summed E-state index contributed by atoms with van der Waals surface area (Å²) < 4.78 is 2.03. The highest BCUT2D eigenvalue weighted by molar-refractivity contribution is 4.97. The molecule has 1 N–H and O–H groups in total. The highest BCUT2D eigenvalue weighted by Crippen LogP contribution is 2.12. The van der Waals surface area contributed by atoms with Gasteiger partial charge in [-0.3, -0.25) is 4.90 Å². The Labute approximate surface area is 97.9 Å². The zero-order valence-electron chi connectivity index (χ0n) is 10.6. The number of aryl methyl sites for hydroxylation is 1. The Morgan fingerprint density at radius 2 is 2.12 bits per heavy atom. The van der Waals surface area contributed by atoms with Crippen molar-refractivity contribution in [2.24, 2.45) is 7.05 Å². The zero-order valence-corrected chi connectivity index (χ0v) is 10.6. The topological polar surface area (TPSA) is 41.3 Å². The molecule has 4 nitrogen and oxygen atoms in total. The molecule has 0 radical (unpaired) electrons. The summed E-state index contributed by atoms with van der Waals surface area (Å²) in [6.45, 7) is 6.21. The quantitative estimate of drug-likeness (QED) is 0.762. The summed E-state index contributed by atoms with van der Waals surface area (Å²) in [5.41, 5.74) is 1.19. The van der Waals surface area contributed by atoms with Crippen molar-refractivity contribution in [3.05, 3.63) is 18.2 Å². The predicted molar refractivity (Wildman–Crippen MR) is 65.1 cm³/mol. The number of imidazole rings is 1. The Morgan fingerprint density at radius 1 is 1.44 bits per heavy atom. The van der Waals surface area contributed by atoms with E-state index in [2.05, 4.69) is 23.7 Å². The summed E-state index contributed by atoms with van der Waals surface area (Å²) >= 11 is 0. The Bertz CT molecular complexity index is 294. The van der Waals surface area contributed by atoms with Gasteiger partial charge >= 0.3 is 0 Å². The highest BCUT2D eigenvalue weighted by Gasteiger charge is 2.15. The minimum Gasteiger partial charge on any atom is -0.395 e. The van der Waals surface area contributed by atoms with E-state index in [0.29, 0.717) is 6.04 Å². The average molecular weight is 225 g/mol. The molecule has 0 aliphatic rings. The van der Waals surface area contributed by atoms with Crippen molar-refractivity contribution < 1.29 is 5.11 Å². The van der Waals surface area contributed by atoms with E-state index in [9.17, 15) is 0 Å². The molecule has 0 atom stereocenters. The first-order valence-corrected chi connectivity index (χ1v) is 6.03. The predicted octanol–water partition coefficient (Wildman–Crippen LogP) is 1.40. The van der Waals surface area contributed by atoms with Crippen LogP contribution in [-0.4, -0.2) is 38.8 Å². The smallest absolute Gasteiger partial charge is 0.0945 e. The van der Waals surface area contributed by atoms with Gasteiger partial charge in [0.1, 0.15) is 0 Å². The van der Waals surface area contributed by atoms with Gasteiger partial charge in [0.05, 0.1) is 18.6 Å². The van der Waals surface area contributed by atoms with Gasteiger partial charge in [-0.25, -0.2) is 4.98 Å². The second-order valence-corrected chi connectivity index (χ2v) is 4.16. The van der Waals surface area contributed by atoms with Crippen LogP contribution in [0.2, 0.25) is 0 Å². The van der Waals surface area contributed by atoms with Crippen molar-refractivity contribution in [3.8, 4) is 0 Å². The van der Waals surface area contributed by atoms with Gasteiger partial charge < -0.3 is 9.67 Å². The second-order valence-electron chi connectivity index (χ2n) is 4.16. The molecule has 0 aliphatic heterocycles. The lowest BCUT2D eigenvalue weighted by Gasteiger charge is -2.29. The molecule has 4 heteroatoms. The van der Waals surface area contributed by atoms with Crippen LogP contribution < -0.4 is 0 Å². The van der Waals surface area contributed by atoms with Crippen LogP contribution in [0.3, 0.4) is 0 Å². The maximum Gasteiger partial charge on any atom is 0.0945 e. The molecule has 1 aromatic rings. The number of aliphatic hydroxyl groups excluding tert-OH is 1. The Hall–Kier alpha value is -0.870. The summed E-state index contributed by atoms with van der Waals surface area (Å²) in [5, 5.41) is 9.11. The molecule has 0 aliphatic carbocycles. The van der Waals surface area contributed by atoms with Crippen molar-refractivity contribution in [1.82, 2.24) is 14.5 Å². The summed E-state index contributed by atoms with van der Waals surface area (Å²) in [6, 6.07) is 0.544. The molecule has 0 aromatic carbocycles. The standard InChI is InChI=1S/C12H23N3O/c1-4-11(5-2)15(6-7-16)9-12-8-13-10-14(12)3/h8,10-11,16H,4-7,9H2,1-3H3. The van der Waals surface area contributed by atoms with Gasteiger partial charge in [-0.15, -0.1) is 0 Å². The first-order valence-electron chi connectivity index (χ1n) is 6.03. The fourth-order valence-electron chi connectivity index (χ4n) is 2.07. The van der Waals surface area contributed by atoms with Crippen molar-refractivity contribution in [3.63, 3.8) is 0 Å². The zero-order chi connectivity index (χ0) is 12.0. The molecule has 0 amide bonds. The minimum atomic E-state index is 0.217. The highest BCUT2D eigenvalue weighted by atomic mass is 16.3. The van der Waals surface area contributed by atoms with E-state index in [4.69, 9.17) is 5.11 Å². The molecule has 0 fully saturated rings. The van der Waals surface area contributed by atoms with Gasteiger partial charge in [-0.05, 0) is 12.8 Å². The molecule has 0 saturated heterocycles. The van der Waals surface area contributed by atoms with E-state index >= 15 is 0 Å². The van der Waals surface area contributed by atoms with Gasteiger partial charge in [0.2, 0.25) is 0 Å². The van der Waals surface area contributed by atoms with E-state index in [1.807, 2.05) is 24.1 Å². The number of hydrogen-bond donors (Lipinski definition) is 1.